The van der Waals surface area contributed by atoms with Crippen molar-refractivity contribution in [2.75, 3.05) is 5.32 Å². The van der Waals surface area contributed by atoms with Gasteiger partial charge in [0, 0.05) is 11.1 Å². The highest BCUT2D eigenvalue weighted by Gasteiger charge is 2.20. The molecule has 0 fully saturated rings. The highest BCUT2D eigenvalue weighted by atomic mass is 35.5. The molecule has 0 bridgehead atoms. The van der Waals surface area contributed by atoms with E-state index < -0.39 is 16.9 Å². The minimum absolute atomic E-state index is 0.0959. The molecule has 1 amide bonds. The Morgan fingerprint density at radius 2 is 2.16 bits per heavy atom. The first-order valence-corrected chi connectivity index (χ1v) is 6.19. The van der Waals surface area contributed by atoms with Crippen LogP contribution in [0.15, 0.2) is 18.2 Å². The van der Waals surface area contributed by atoms with Crippen LogP contribution in [0.1, 0.15) is 20.3 Å². The summed E-state index contributed by atoms with van der Waals surface area (Å²) in [5.41, 5.74) is 5.56. The fourth-order valence-electron chi connectivity index (χ4n) is 1.60. The van der Waals surface area contributed by atoms with E-state index in [0.717, 1.165) is 0 Å². The first kappa shape index (κ1) is 15.4. The number of hydrogen-bond donors (Lipinski definition) is 2. The van der Waals surface area contributed by atoms with Crippen molar-refractivity contribution in [1.82, 2.24) is 0 Å². The smallest absolute Gasteiger partial charge is 0.294 e. The molecule has 0 aliphatic heterocycles. The molecule has 0 aromatic heterocycles. The van der Waals surface area contributed by atoms with Crippen LogP contribution in [0.4, 0.5) is 11.4 Å². The van der Waals surface area contributed by atoms with Gasteiger partial charge in [0.05, 0.1) is 11.0 Å². The zero-order chi connectivity index (χ0) is 14.6. The first-order valence-electron chi connectivity index (χ1n) is 5.81. The van der Waals surface area contributed by atoms with Crippen LogP contribution in [0.2, 0.25) is 5.02 Å². The van der Waals surface area contributed by atoms with Gasteiger partial charge in [0.15, 0.2) is 0 Å². The molecule has 6 nitrogen and oxygen atoms in total. The van der Waals surface area contributed by atoms with E-state index in [0.29, 0.717) is 6.42 Å². The third-order valence-corrected chi connectivity index (χ3v) is 2.71. The average molecular weight is 286 g/mol. The minimum Gasteiger partial charge on any atom is -0.320 e. The second kappa shape index (κ2) is 6.49. The third kappa shape index (κ3) is 4.50. The van der Waals surface area contributed by atoms with E-state index in [9.17, 15) is 14.9 Å². The Bertz CT molecular complexity index is 491. The summed E-state index contributed by atoms with van der Waals surface area (Å²) < 4.78 is 0. The van der Waals surface area contributed by atoms with E-state index in [1.54, 1.807) is 0 Å². The van der Waals surface area contributed by atoms with Gasteiger partial charge in [-0.05, 0) is 24.5 Å². The largest absolute Gasteiger partial charge is 0.320 e. The molecule has 1 aromatic carbocycles. The van der Waals surface area contributed by atoms with Gasteiger partial charge < -0.3 is 11.1 Å². The quantitative estimate of drug-likeness (QED) is 0.641. The predicted octanol–water partition coefficient (Wildman–Crippen LogP) is 2.56. The highest BCUT2D eigenvalue weighted by molar-refractivity contribution is 6.31. The lowest BCUT2D eigenvalue weighted by molar-refractivity contribution is -0.383. The highest BCUT2D eigenvalue weighted by Crippen LogP contribution is 2.27. The number of amides is 1. The maximum absolute atomic E-state index is 11.8. The zero-order valence-corrected chi connectivity index (χ0v) is 11.5. The molecule has 0 aliphatic rings. The number of nitro benzene ring substituents is 1. The van der Waals surface area contributed by atoms with E-state index in [2.05, 4.69) is 5.32 Å². The number of benzene rings is 1. The Morgan fingerprint density at radius 3 is 2.68 bits per heavy atom. The van der Waals surface area contributed by atoms with Gasteiger partial charge in [-0.3, -0.25) is 14.9 Å². The SMILES string of the molecule is CC(C)CC(N)C(=O)Nc1ccc(Cl)cc1[N+](=O)[O-]. The number of carbonyl (C=O) groups is 1. The summed E-state index contributed by atoms with van der Waals surface area (Å²) in [6.45, 7) is 3.88. The summed E-state index contributed by atoms with van der Waals surface area (Å²) in [6.07, 6.45) is 0.507. The van der Waals surface area contributed by atoms with Crippen molar-refractivity contribution < 1.29 is 9.72 Å². The third-order valence-electron chi connectivity index (χ3n) is 2.48. The van der Waals surface area contributed by atoms with Crippen LogP contribution in [-0.2, 0) is 4.79 Å². The molecular weight excluding hydrogens is 270 g/mol. The Kier molecular flexibility index (Phi) is 5.26. The fraction of sp³-hybridized carbons (Fsp3) is 0.417. The normalized spacial score (nSPS) is 12.3. The van der Waals surface area contributed by atoms with Crippen molar-refractivity contribution in [3.8, 4) is 0 Å². The van der Waals surface area contributed by atoms with Crippen molar-refractivity contribution in [2.45, 2.75) is 26.3 Å². The summed E-state index contributed by atoms with van der Waals surface area (Å²) in [5.74, 6) is -0.180. The van der Waals surface area contributed by atoms with Crippen LogP contribution >= 0.6 is 11.6 Å². The van der Waals surface area contributed by atoms with Crippen LogP contribution in [-0.4, -0.2) is 16.9 Å². The number of hydrogen-bond acceptors (Lipinski definition) is 4. The molecule has 0 radical (unpaired) electrons. The van der Waals surface area contributed by atoms with Crippen LogP contribution in [0.3, 0.4) is 0 Å². The van der Waals surface area contributed by atoms with Gasteiger partial charge >= 0.3 is 0 Å². The monoisotopic (exact) mass is 285 g/mol. The van der Waals surface area contributed by atoms with E-state index >= 15 is 0 Å². The molecule has 3 N–H and O–H groups in total. The van der Waals surface area contributed by atoms with Crippen molar-refractivity contribution >= 4 is 28.9 Å². The molecule has 1 rings (SSSR count). The Hall–Kier alpha value is -1.66. The van der Waals surface area contributed by atoms with Crippen LogP contribution in [0.25, 0.3) is 0 Å². The fourth-order valence-corrected chi connectivity index (χ4v) is 1.77. The van der Waals surface area contributed by atoms with Crippen molar-refractivity contribution in [1.29, 1.82) is 0 Å². The molecule has 0 aliphatic carbocycles. The predicted molar refractivity (Wildman–Crippen MR) is 74.2 cm³/mol. The van der Waals surface area contributed by atoms with Gasteiger partial charge in [0.2, 0.25) is 5.91 Å². The van der Waals surface area contributed by atoms with E-state index in [1.165, 1.54) is 18.2 Å². The number of anilines is 1. The van der Waals surface area contributed by atoms with Gasteiger partial charge in [-0.2, -0.15) is 0 Å². The molecule has 0 heterocycles. The van der Waals surface area contributed by atoms with Gasteiger partial charge in [0.25, 0.3) is 5.69 Å². The van der Waals surface area contributed by atoms with Gasteiger partial charge in [-0.25, -0.2) is 0 Å². The second-order valence-corrected chi connectivity index (χ2v) is 5.08. The summed E-state index contributed by atoms with van der Waals surface area (Å²) in [6, 6.07) is 3.35. The maximum Gasteiger partial charge on any atom is 0.294 e. The Morgan fingerprint density at radius 1 is 1.53 bits per heavy atom. The van der Waals surface area contributed by atoms with E-state index in [1.807, 2.05) is 13.8 Å². The standard InChI is InChI=1S/C12H16ClN3O3/c1-7(2)5-9(14)12(17)15-10-4-3-8(13)6-11(10)16(18)19/h3-4,6-7,9H,5,14H2,1-2H3,(H,15,17). The minimum atomic E-state index is -0.699. The lowest BCUT2D eigenvalue weighted by atomic mass is 10.0. The van der Waals surface area contributed by atoms with Crippen molar-refractivity contribution in [2.24, 2.45) is 11.7 Å². The molecular formula is C12H16ClN3O3. The molecule has 0 spiro atoms. The van der Waals surface area contributed by atoms with E-state index in [-0.39, 0.29) is 22.3 Å². The second-order valence-electron chi connectivity index (χ2n) is 4.64. The molecule has 1 atom stereocenters. The lowest BCUT2D eigenvalue weighted by Gasteiger charge is -2.14. The van der Waals surface area contributed by atoms with Crippen LogP contribution in [0.5, 0.6) is 0 Å². The Labute approximate surface area is 116 Å². The van der Waals surface area contributed by atoms with E-state index in [4.69, 9.17) is 17.3 Å². The average Bonchev–Trinajstić information content (AvgIpc) is 2.30. The molecule has 19 heavy (non-hydrogen) atoms. The van der Waals surface area contributed by atoms with Crippen LogP contribution < -0.4 is 11.1 Å². The number of carbonyl (C=O) groups excluding carboxylic acids is 1. The maximum atomic E-state index is 11.8. The molecule has 7 heteroatoms. The molecule has 104 valence electrons. The number of nitro groups is 1. The number of nitrogens with zero attached hydrogens (tertiary/aromatic N) is 1. The Balaban J connectivity index is 2.87. The number of nitrogens with two attached hydrogens (primary N) is 1. The lowest BCUT2D eigenvalue weighted by Crippen LogP contribution is -2.36. The number of rotatable bonds is 5. The first-order chi connectivity index (χ1) is 8.81. The topological polar surface area (TPSA) is 98.3 Å². The molecule has 0 saturated carbocycles. The molecule has 1 aromatic rings. The summed E-state index contributed by atoms with van der Waals surface area (Å²) in [4.78, 5) is 22.1. The molecule has 1 unspecified atom stereocenters. The van der Waals surface area contributed by atoms with Crippen molar-refractivity contribution in [3.05, 3.63) is 33.3 Å². The zero-order valence-electron chi connectivity index (χ0n) is 10.7. The van der Waals surface area contributed by atoms with Gasteiger partial charge in [-0.15, -0.1) is 0 Å². The van der Waals surface area contributed by atoms with Gasteiger partial charge in [0.1, 0.15) is 5.69 Å². The summed E-state index contributed by atoms with van der Waals surface area (Å²) in [7, 11) is 0. The number of nitrogens with one attached hydrogen (secondary N) is 1. The van der Waals surface area contributed by atoms with Crippen molar-refractivity contribution in [3.63, 3.8) is 0 Å². The molecule has 0 saturated heterocycles. The summed E-state index contributed by atoms with van der Waals surface area (Å²) in [5, 5.41) is 13.6. The summed E-state index contributed by atoms with van der Waals surface area (Å²) >= 11 is 5.69. The van der Waals surface area contributed by atoms with Gasteiger partial charge in [-0.1, -0.05) is 25.4 Å². The van der Waals surface area contributed by atoms with Crippen LogP contribution in [0, 0.1) is 16.0 Å². The number of halogens is 1.